The number of aromatic amines is 1. The van der Waals surface area contributed by atoms with Gasteiger partial charge in [0, 0.05) is 17.2 Å². The summed E-state index contributed by atoms with van der Waals surface area (Å²) in [7, 11) is 0. The van der Waals surface area contributed by atoms with E-state index in [0.717, 1.165) is 16.9 Å². The Hall–Kier alpha value is -1.54. The fraction of sp³-hybridized carbons (Fsp3) is 0. The van der Waals surface area contributed by atoms with Gasteiger partial charge in [0.2, 0.25) is 0 Å². The molecule has 0 radical (unpaired) electrons. The van der Waals surface area contributed by atoms with Gasteiger partial charge >= 0.3 is 0 Å². The molecule has 0 aliphatic rings. The smallest absolute Gasteiger partial charge is 0.271 e. The Balaban J connectivity index is 2.20. The monoisotopic (exact) mass is 240 g/mol. The Morgan fingerprint density at radius 3 is 2.56 bits per heavy atom. The van der Waals surface area contributed by atoms with E-state index in [0.29, 0.717) is 5.69 Å². The van der Waals surface area contributed by atoms with Gasteiger partial charge in [-0.3, -0.25) is 9.89 Å². The first-order valence-corrected chi connectivity index (χ1v) is 5.07. The third kappa shape index (κ3) is 2.34. The first-order valence-electron chi connectivity index (χ1n) is 4.33. The molecule has 0 bridgehead atoms. The molecule has 2 aromatic rings. The number of benzene rings is 1. The maximum absolute atomic E-state index is 11.3. The van der Waals surface area contributed by atoms with Crippen LogP contribution in [0.25, 0.3) is 5.69 Å². The fourth-order valence-corrected chi connectivity index (χ4v) is 1.58. The average molecular weight is 240 g/mol. The van der Waals surface area contributed by atoms with E-state index in [1.807, 2.05) is 0 Å². The lowest BCUT2D eigenvalue weighted by molar-refractivity contribution is -0.432. The predicted octanol–water partition coefficient (Wildman–Crippen LogP) is 1.59. The largest absolute Gasteiger partial charge is 0.298 e. The summed E-state index contributed by atoms with van der Waals surface area (Å²) in [4.78, 5) is 12.1. The van der Waals surface area contributed by atoms with Crippen LogP contribution in [0.1, 0.15) is 0 Å². The first-order chi connectivity index (χ1) is 7.81. The fourth-order valence-electron chi connectivity index (χ4n) is 1.23. The molecular formula is C9H8N2O4S. The molecule has 2 rings (SSSR count). The molecule has 1 aromatic heterocycles. The summed E-state index contributed by atoms with van der Waals surface area (Å²) in [5.41, 5.74) is 0.583. The van der Waals surface area contributed by atoms with Gasteiger partial charge in [-0.2, -0.15) is 0 Å². The molecule has 7 heteroatoms. The van der Waals surface area contributed by atoms with E-state index in [9.17, 15) is 4.79 Å². The van der Waals surface area contributed by atoms with Crippen molar-refractivity contribution in [1.29, 1.82) is 0 Å². The van der Waals surface area contributed by atoms with Gasteiger partial charge in [0.05, 0.1) is 17.7 Å². The second kappa shape index (κ2) is 4.99. The third-order valence-electron chi connectivity index (χ3n) is 1.91. The zero-order chi connectivity index (χ0) is 11.4. The van der Waals surface area contributed by atoms with Crippen LogP contribution in [0.5, 0.6) is 0 Å². The number of H-pyrrole nitrogens is 1. The second-order valence-corrected chi connectivity index (χ2v) is 3.63. The van der Waals surface area contributed by atoms with E-state index in [2.05, 4.69) is 14.5 Å². The summed E-state index contributed by atoms with van der Waals surface area (Å²) in [5, 5.41) is 14.2. The highest BCUT2D eigenvalue weighted by Gasteiger charge is 2.01. The summed E-state index contributed by atoms with van der Waals surface area (Å²) in [6, 6.07) is 8.37. The van der Waals surface area contributed by atoms with Crippen molar-refractivity contribution in [2.24, 2.45) is 0 Å². The van der Waals surface area contributed by atoms with Crippen LogP contribution in [0.15, 0.2) is 46.2 Å². The Morgan fingerprint density at radius 2 is 2.00 bits per heavy atom. The average Bonchev–Trinajstić information content (AvgIpc) is 2.74. The summed E-state index contributed by atoms with van der Waals surface area (Å²) in [5.74, 6) is 0. The lowest BCUT2D eigenvalue weighted by Crippen LogP contribution is -2.13. The number of nitrogens with zero attached hydrogens (tertiary/aromatic N) is 1. The van der Waals surface area contributed by atoms with Crippen LogP contribution in [0.2, 0.25) is 0 Å². The molecule has 6 nitrogen and oxygen atoms in total. The molecule has 0 fully saturated rings. The summed E-state index contributed by atoms with van der Waals surface area (Å²) in [6.45, 7) is 0. The van der Waals surface area contributed by atoms with Crippen LogP contribution < -0.4 is 5.56 Å². The predicted molar refractivity (Wildman–Crippen MR) is 57.0 cm³/mol. The van der Waals surface area contributed by atoms with Gasteiger partial charge in [0.1, 0.15) is 0 Å². The number of hydrogen-bond acceptors (Lipinski definition) is 5. The lowest BCUT2D eigenvalue weighted by Gasteiger charge is -2.02. The Bertz CT molecular complexity index is 505. The highest BCUT2D eigenvalue weighted by molar-refractivity contribution is 7.94. The van der Waals surface area contributed by atoms with E-state index in [1.54, 1.807) is 30.5 Å². The first kappa shape index (κ1) is 11.0. The van der Waals surface area contributed by atoms with Crippen molar-refractivity contribution in [2.45, 2.75) is 4.90 Å². The van der Waals surface area contributed by atoms with Crippen LogP contribution in [-0.2, 0) is 9.37 Å². The molecule has 0 saturated carbocycles. The Labute approximate surface area is 94.5 Å². The van der Waals surface area contributed by atoms with Gasteiger partial charge in [-0.1, -0.05) is 5.04 Å². The molecule has 16 heavy (non-hydrogen) atoms. The quantitative estimate of drug-likeness (QED) is 0.482. The van der Waals surface area contributed by atoms with Crippen molar-refractivity contribution in [2.75, 3.05) is 0 Å². The van der Waals surface area contributed by atoms with E-state index in [1.165, 1.54) is 10.7 Å². The van der Waals surface area contributed by atoms with Crippen LogP contribution in [0.3, 0.4) is 0 Å². The Kier molecular flexibility index (Phi) is 3.42. The molecule has 0 unspecified atom stereocenters. The van der Waals surface area contributed by atoms with Crippen molar-refractivity contribution in [3.8, 4) is 5.69 Å². The SMILES string of the molecule is O=c1cc[nH]n1-c1ccc(SOOO)cc1. The molecular weight excluding hydrogens is 232 g/mol. The van der Waals surface area contributed by atoms with Crippen molar-refractivity contribution in [1.82, 2.24) is 9.78 Å². The molecule has 0 saturated heterocycles. The number of hydrogen-bond donors (Lipinski definition) is 2. The highest BCUT2D eigenvalue weighted by atomic mass is 32.2. The maximum Gasteiger partial charge on any atom is 0.271 e. The van der Waals surface area contributed by atoms with Crippen LogP contribution >= 0.6 is 12.0 Å². The molecule has 0 atom stereocenters. The molecule has 0 aliphatic heterocycles. The number of aromatic nitrogens is 2. The minimum atomic E-state index is -0.129. The molecule has 0 aliphatic carbocycles. The van der Waals surface area contributed by atoms with Gasteiger partial charge in [-0.05, 0) is 24.3 Å². The lowest BCUT2D eigenvalue weighted by atomic mass is 10.3. The maximum atomic E-state index is 11.3. The summed E-state index contributed by atoms with van der Waals surface area (Å²) < 4.78 is 5.67. The summed E-state index contributed by atoms with van der Waals surface area (Å²) >= 11 is 0.861. The summed E-state index contributed by atoms with van der Waals surface area (Å²) in [6.07, 6.45) is 1.56. The van der Waals surface area contributed by atoms with Crippen LogP contribution in [0.4, 0.5) is 0 Å². The zero-order valence-corrected chi connectivity index (χ0v) is 8.81. The minimum Gasteiger partial charge on any atom is -0.298 e. The van der Waals surface area contributed by atoms with Gasteiger partial charge in [-0.15, -0.1) is 4.33 Å². The van der Waals surface area contributed by atoms with Crippen molar-refractivity contribution in [3.05, 3.63) is 46.9 Å². The number of nitrogens with one attached hydrogen (secondary N) is 1. The van der Waals surface area contributed by atoms with Crippen molar-refractivity contribution in [3.63, 3.8) is 0 Å². The number of rotatable bonds is 4. The van der Waals surface area contributed by atoms with Crippen molar-refractivity contribution < 1.29 is 14.6 Å². The van der Waals surface area contributed by atoms with E-state index in [-0.39, 0.29) is 5.56 Å². The zero-order valence-electron chi connectivity index (χ0n) is 7.99. The van der Waals surface area contributed by atoms with E-state index >= 15 is 0 Å². The van der Waals surface area contributed by atoms with Gasteiger partial charge in [0.25, 0.3) is 5.56 Å². The Morgan fingerprint density at radius 1 is 1.25 bits per heavy atom. The van der Waals surface area contributed by atoms with Gasteiger partial charge in [-0.25, -0.2) is 9.94 Å². The molecule has 84 valence electrons. The van der Waals surface area contributed by atoms with E-state index < -0.39 is 0 Å². The minimum absolute atomic E-state index is 0.129. The third-order valence-corrected chi connectivity index (χ3v) is 2.50. The normalized spacial score (nSPS) is 10.6. The van der Waals surface area contributed by atoms with Crippen LogP contribution in [0, 0.1) is 0 Å². The molecule has 1 aromatic carbocycles. The topological polar surface area (TPSA) is 76.5 Å². The standard InChI is InChI=1S/C9H8N2O4S/c12-9-5-6-10-11(9)7-1-3-8(4-2-7)16-15-14-13/h1-6,10,13H. The molecule has 0 amide bonds. The van der Waals surface area contributed by atoms with Crippen LogP contribution in [-0.4, -0.2) is 15.0 Å². The van der Waals surface area contributed by atoms with Gasteiger partial charge < -0.3 is 0 Å². The second-order valence-electron chi connectivity index (χ2n) is 2.86. The highest BCUT2D eigenvalue weighted by Crippen LogP contribution is 2.19. The molecule has 1 heterocycles. The molecule has 2 N–H and O–H groups in total. The van der Waals surface area contributed by atoms with Gasteiger partial charge in [0.15, 0.2) is 0 Å². The van der Waals surface area contributed by atoms with Crippen molar-refractivity contribution >= 4 is 12.0 Å². The molecule has 0 spiro atoms. The van der Waals surface area contributed by atoms with E-state index in [4.69, 9.17) is 5.26 Å².